The smallest absolute Gasteiger partial charge is 0.307 e. The Morgan fingerprint density at radius 3 is 2.17 bits per heavy atom. The number of anilines is 1. The largest absolute Gasteiger partial charge is 0.497 e. The van der Waals surface area contributed by atoms with Crippen LogP contribution in [-0.2, 0) is 19.1 Å². The van der Waals surface area contributed by atoms with Crippen LogP contribution in [0.5, 0.6) is 5.75 Å². The molecule has 2 bridgehead atoms. The van der Waals surface area contributed by atoms with E-state index in [2.05, 4.69) is 27.5 Å². The van der Waals surface area contributed by atoms with E-state index in [1.807, 2.05) is 0 Å². The summed E-state index contributed by atoms with van der Waals surface area (Å²) >= 11 is 0. The lowest BCUT2D eigenvalue weighted by Gasteiger charge is -2.26. The number of ether oxygens (including phenoxy) is 2. The Bertz CT molecular complexity index is 843. The number of benzene rings is 1. The van der Waals surface area contributed by atoms with Crippen molar-refractivity contribution in [2.24, 2.45) is 29.1 Å². The Morgan fingerprint density at radius 1 is 1.00 bits per heavy atom. The lowest BCUT2D eigenvalue weighted by Crippen LogP contribution is -2.42. The van der Waals surface area contributed by atoms with Crippen LogP contribution in [-0.4, -0.2) is 38.5 Å². The van der Waals surface area contributed by atoms with Gasteiger partial charge in [0.25, 0.3) is 0 Å². The zero-order valence-corrected chi connectivity index (χ0v) is 16.6. The average Bonchev–Trinajstić information content (AvgIpc) is 3.40. The Labute approximate surface area is 169 Å². The predicted octanol–water partition coefficient (Wildman–Crippen LogP) is 2.14. The number of carbonyl (C=O) groups excluding carboxylic acids is 3. The third kappa shape index (κ3) is 3.39. The summed E-state index contributed by atoms with van der Waals surface area (Å²) in [6, 6.07) is 7.15. The molecule has 154 valence electrons. The lowest BCUT2D eigenvalue weighted by atomic mass is 9.81. The Morgan fingerprint density at radius 2 is 1.62 bits per heavy atom. The molecule has 1 aromatic carbocycles. The molecule has 4 atom stereocenters. The molecule has 3 aliphatic rings. The third-order valence-corrected chi connectivity index (χ3v) is 6.66. The Balaban J connectivity index is 1.48. The van der Waals surface area contributed by atoms with E-state index in [0.717, 1.165) is 12.8 Å². The van der Waals surface area contributed by atoms with E-state index < -0.39 is 11.8 Å². The van der Waals surface area contributed by atoms with Crippen LogP contribution in [0.3, 0.4) is 0 Å². The summed E-state index contributed by atoms with van der Waals surface area (Å²) in [5, 5.41) is 5.81. The van der Waals surface area contributed by atoms with Gasteiger partial charge in [0.15, 0.2) is 0 Å². The van der Waals surface area contributed by atoms with Gasteiger partial charge >= 0.3 is 5.97 Å². The second-order valence-corrected chi connectivity index (χ2v) is 8.06. The van der Waals surface area contributed by atoms with E-state index in [9.17, 15) is 14.4 Å². The molecule has 29 heavy (non-hydrogen) atoms. The summed E-state index contributed by atoms with van der Waals surface area (Å²) in [6.45, 7) is 0.211. The molecular weight excluding hydrogens is 372 g/mol. The number of nitrogens with one attached hydrogen (secondary N) is 2. The van der Waals surface area contributed by atoms with Crippen LogP contribution >= 0.6 is 0 Å². The Hall–Kier alpha value is -2.83. The maximum absolute atomic E-state index is 13.2. The summed E-state index contributed by atoms with van der Waals surface area (Å²) < 4.78 is 9.77. The molecule has 2 saturated carbocycles. The minimum Gasteiger partial charge on any atom is -0.497 e. The molecule has 3 aliphatic carbocycles. The molecule has 0 unspecified atom stereocenters. The van der Waals surface area contributed by atoms with Gasteiger partial charge in [-0.2, -0.15) is 0 Å². The molecule has 7 nitrogen and oxygen atoms in total. The van der Waals surface area contributed by atoms with Crippen LogP contribution in [0.25, 0.3) is 0 Å². The minimum absolute atomic E-state index is 0.0618. The first-order valence-electron chi connectivity index (χ1n) is 9.98. The van der Waals surface area contributed by atoms with Gasteiger partial charge in [0, 0.05) is 12.2 Å². The van der Waals surface area contributed by atoms with Crippen LogP contribution in [0.4, 0.5) is 5.69 Å². The van der Waals surface area contributed by atoms with E-state index >= 15 is 0 Å². The summed E-state index contributed by atoms with van der Waals surface area (Å²) in [7, 11) is 2.91. The summed E-state index contributed by atoms with van der Waals surface area (Å²) in [5.41, 5.74) is 0.740. The fourth-order valence-electron chi connectivity index (χ4n) is 5.12. The second-order valence-electron chi connectivity index (χ2n) is 8.06. The molecule has 2 N–H and O–H groups in total. The van der Waals surface area contributed by atoms with Crippen LogP contribution in [0, 0.1) is 29.1 Å². The summed E-state index contributed by atoms with van der Waals surface area (Å²) in [4.78, 5) is 37.5. The van der Waals surface area contributed by atoms with Gasteiger partial charge in [-0.1, -0.05) is 12.2 Å². The molecule has 1 spiro atoms. The molecule has 0 saturated heterocycles. The molecule has 7 heteroatoms. The zero-order chi connectivity index (χ0) is 20.6. The van der Waals surface area contributed by atoms with Gasteiger partial charge in [-0.3, -0.25) is 14.4 Å². The second kappa shape index (κ2) is 7.54. The average molecular weight is 398 g/mol. The SMILES string of the molecule is COC(=O)CCNC(=O)[C@H]1[C@H](C(=O)Nc2ccc(OC)cc2)[C@@H]2C=C[C@H]1C21CC1. The van der Waals surface area contributed by atoms with Crippen molar-refractivity contribution >= 4 is 23.5 Å². The van der Waals surface area contributed by atoms with Gasteiger partial charge in [0.2, 0.25) is 11.8 Å². The van der Waals surface area contributed by atoms with E-state index in [1.165, 1.54) is 7.11 Å². The number of hydrogen-bond acceptors (Lipinski definition) is 5. The maximum atomic E-state index is 13.2. The first kappa shape index (κ1) is 19.5. The van der Waals surface area contributed by atoms with Crippen molar-refractivity contribution in [1.29, 1.82) is 0 Å². The molecule has 4 rings (SSSR count). The monoisotopic (exact) mass is 398 g/mol. The third-order valence-electron chi connectivity index (χ3n) is 6.66. The van der Waals surface area contributed by atoms with Crippen molar-refractivity contribution in [3.8, 4) is 5.75 Å². The van der Waals surface area contributed by atoms with Crippen LogP contribution in [0.1, 0.15) is 19.3 Å². The van der Waals surface area contributed by atoms with E-state index in [-0.39, 0.29) is 48.0 Å². The number of methoxy groups -OCH3 is 2. The van der Waals surface area contributed by atoms with Gasteiger partial charge in [-0.25, -0.2) is 0 Å². The van der Waals surface area contributed by atoms with E-state index in [4.69, 9.17) is 4.74 Å². The highest BCUT2D eigenvalue weighted by Gasteiger charge is 2.69. The van der Waals surface area contributed by atoms with Gasteiger partial charge in [-0.15, -0.1) is 0 Å². The standard InChI is InChI=1S/C22H26N2O5/c1-28-14-5-3-13(4-6-14)24-21(27)19-16-8-7-15(22(16)10-11-22)18(19)20(26)23-12-9-17(25)29-2/h3-8,15-16,18-19H,9-12H2,1-2H3,(H,23,26)(H,24,27)/t15-,16+,18-,19-/m1/s1. The molecule has 2 amide bonds. The number of hydrogen-bond donors (Lipinski definition) is 2. The highest BCUT2D eigenvalue weighted by molar-refractivity contribution is 5.98. The van der Waals surface area contributed by atoms with Crippen LogP contribution in [0.15, 0.2) is 36.4 Å². The molecule has 1 aromatic rings. The van der Waals surface area contributed by atoms with Gasteiger partial charge < -0.3 is 20.1 Å². The van der Waals surface area contributed by atoms with Crippen LogP contribution in [0.2, 0.25) is 0 Å². The van der Waals surface area contributed by atoms with Gasteiger partial charge in [-0.05, 0) is 54.4 Å². The number of rotatable bonds is 7. The lowest BCUT2D eigenvalue weighted by molar-refractivity contribution is -0.140. The number of allylic oxidation sites excluding steroid dienone is 2. The van der Waals surface area contributed by atoms with Gasteiger partial charge in [0.1, 0.15) is 5.75 Å². The van der Waals surface area contributed by atoms with Gasteiger partial charge in [0.05, 0.1) is 32.5 Å². The predicted molar refractivity (Wildman–Crippen MR) is 106 cm³/mol. The molecule has 0 aliphatic heterocycles. The van der Waals surface area contributed by atoms with E-state index in [1.54, 1.807) is 31.4 Å². The van der Waals surface area contributed by atoms with Crippen LogP contribution < -0.4 is 15.4 Å². The maximum Gasteiger partial charge on any atom is 0.307 e. The van der Waals surface area contributed by atoms with Crippen molar-refractivity contribution in [3.63, 3.8) is 0 Å². The summed E-state index contributed by atoms with van der Waals surface area (Å²) in [5.74, 6) is -0.606. The highest BCUT2D eigenvalue weighted by atomic mass is 16.5. The minimum atomic E-state index is -0.414. The first-order valence-corrected chi connectivity index (χ1v) is 9.98. The molecule has 0 radical (unpaired) electrons. The fraction of sp³-hybridized carbons (Fsp3) is 0.500. The topological polar surface area (TPSA) is 93.7 Å². The number of esters is 1. The quantitative estimate of drug-likeness (QED) is 0.542. The number of amides is 2. The van der Waals surface area contributed by atoms with Crippen molar-refractivity contribution in [1.82, 2.24) is 5.32 Å². The highest BCUT2D eigenvalue weighted by Crippen LogP contribution is 2.72. The van der Waals surface area contributed by atoms with E-state index in [0.29, 0.717) is 11.4 Å². The molecule has 0 aromatic heterocycles. The normalized spacial score (nSPS) is 27.5. The molecule has 2 fully saturated rings. The molecular formula is C22H26N2O5. The fourth-order valence-corrected chi connectivity index (χ4v) is 5.12. The first-order chi connectivity index (χ1) is 14.0. The number of carbonyl (C=O) groups is 3. The zero-order valence-electron chi connectivity index (χ0n) is 16.6. The Kier molecular flexibility index (Phi) is 5.06. The van der Waals surface area contributed by atoms with Crippen molar-refractivity contribution in [3.05, 3.63) is 36.4 Å². The summed E-state index contributed by atoms with van der Waals surface area (Å²) in [6.07, 6.45) is 6.45. The van der Waals surface area contributed by atoms with Crippen molar-refractivity contribution < 1.29 is 23.9 Å². The molecule has 0 heterocycles. The van der Waals surface area contributed by atoms with Crippen molar-refractivity contribution in [2.75, 3.05) is 26.1 Å². The van der Waals surface area contributed by atoms with Crippen molar-refractivity contribution in [2.45, 2.75) is 19.3 Å².